The van der Waals surface area contributed by atoms with E-state index in [1.54, 1.807) is 41.5 Å². The molecule has 0 aliphatic heterocycles. The number of rotatable bonds is 6. The summed E-state index contributed by atoms with van der Waals surface area (Å²) < 4.78 is 8.90. The van der Waals surface area contributed by atoms with E-state index >= 15 is 0 Å². The average Bonchev–Trinajstić information content (AvgIpc) is 3.24. The number of hydrogen-bond acceptors (Lipinski definition) is 4. The van der Waals surface area contributed by atoms with Gasteiger partial charge in [-0.15, -0.1) is 0 Å². The standard InChI is InChI=1S/C22H19N3O3/c26-21-18-9-4-5-10-20(18)24(15-17-7-2-1-3-8-17)16-19(21)22(27)28-14-13-25-12-6-11-23-25/h1-12,16H,13-15H2. The van der Waals surface area contributed by atoms with Crippen LogP contribution in [0.25, 0.3) is 10.9 Å². The number of carbonyl (C=O) groups is 1. The number of hydrogen-bond donors (Lipinski definition) is 0. The van der Waals surface area contributed by atoms with Crippen molar-refractivity contribution in [1.82, 2.24) is 14.3 Å². The first kappa shape index (κ1) is 17.7. The number of benzene rings is 2. The normalized spacial score (nSPS) is 10.9. The van der Waals surface area contributed by atoms with E-state index in [9.17, 15) is 9.59 Å². The highest BCUT2D eigenvalue weighted by molar-refractivity contribution is 5.93. The molecule has 2 heterocycles. The summed E-state index contributed by atoms with van der Waals surface area (Å²) in [5.74, 6) is -0.621. The van der Waals surface area contributed by atoms with E-state index in [2.05, 4.69) is 5.10 Å². The Kier molecular flexibility index (Phi) is 5.01. The molecule has 0 unspecified atom stereocenters. The van der Waals surface area contributed by atoms with Crippen molar-refractivity contribution in [3.63, 3.8) is 0 Å². The van der Waals surface area contributed by atoms with Crippen LogP contribution in [0.15, 0.2) is 84.0 Å². The Morgan fingerprint density at radius 2 is 1.79 bits per heavy atom. The zero-order valence-corrected chi connectivity index (χ0v) is 15.2. The topological polar surface area (TPSA) is 66.1 Å². The summed E-state index contributed by atoms with van der Waals surface area (Å²) in [6, 6.07) is 19.0. The Morgan fingerprint density at radius 3 is 2.57 bits per heavy atom. The maximum atomic E-state index is 12.8. The van der Waals surface area contributed by atoms with Gasteiger partial charge in [0.2, 0.25) is 5.43 Å². The molecule has 0 saturated heterocycles. The summed E-state index contributed by atoms with van der Waals surface area (Å²) in [4.78, 5) is 25.4. The lowest BCUT2D eigenvalue weighted by molar-refractivity contribution is 0.0485. The van der Waals surface area contributed by atoms with Crippen LogP contribution in [-0.2, 0) is 17.8 Å². The van der Waals surface area contributed by atoms with Crippen molar-refractivity contribution in [1.29, 1.82) is 0 Å². The molecule has 0 bridgehead atoms. The van der Waals surface area contributed by atoms with Gasteiger partial charge in [0, 0.05) is 30.5 Å². The van der Waals surface area contributed by atoms with E-state index in [-0.39, 0.29) is 17.6 Å². The molecule has 6 nitrogen and oxygen atoms in total. The third-order valence-electron chi connectivity index (χ3n) is 4.52. The summed E-state index contributed by atoms with van der Waals surface area (Å²) in [6.45, 7) is 1.13. The zero-order chi connectivity index (χ0) is 19.3. The van der Waals surface area contributed by atoms with Crippen molar-refractivity contribution in [2.45, 2.75) is 13.1 Å². The lowest BCUT2D eigenvalue weighted by atomic mass is 10.1. The molecular formula is C22H19N3O3. The molecule has 0 aliphatic carbocycles. The molecule has 0 atom stereocenters. The third-order valence-corrected chi connectivity index (χ3v) is 4.52. The Bertz CT molecular complexity index is 1150. The Balaban J connectivity index is 1.64. The molecule has 2 aromatic heterocycles. The molecule has 0 amide bonds. The zero-order valence-electron chi connectivity index (χ0n) is 15.2. The van der Waals surface area contributed by atoms with E-state index in [1.165, 1.54) is 0 Å². The number of carbonyl (C=O) groups excluding carboxylic acids is 1. The van der Waals surface area contributed by atoms with Crippen LogP contribution in [0.5, 0.6) is 0 Å². The SMILES string of the molecule is O=C(OCCn1cccn1)c1cn(Cc2ccccc2)c2ccccc2c1=O. The van der Waals surface area contributed by atoms with Crippen LogP contribution >= 0.6 is 0 Å². The van der Waals surface area contributed by atoms with Crippen molar-refractivity contribution in [3.05, 3.63) is 101 Å². The second-order valence-electron chi connectivity index (χ2n) is 6.41. The predicted octanol–water partition coefficient (Wildman–Crippen LogP) is 3.10. The van der Waals surface area contributed by atoms with Gasteiger partial charge >= 0.3 is 5.97 Å². The fraction of sp³-hybridized carbons (Fsp3) is 0.136. The van der Waals surface area contributed by atoms with Crippen LogP contribution in [0.4, 0.5) is 0 Å². The van der Waals surface area contributed by atoms with Crippen LogP contribution in [0.1, 0.15) is 15.9 Å². The highest BCUT2D eigenvalue weighted by Crippen LogP contribution is 2.14. The first-order chi connectivity index (χ1) is 13.7. The fourth-order valence-electron chi connectivity index (χ4n) is 3.14. The molecule has 0 radical (unpaired) electrons. The molecule has 0 spiro atoms. The van der Waals surface area contributed by atoms with E-state index in [0.29, 0.717) is 18.5 Å². The van der Waals surface area contributed by atoms with E-state index < -0.39 is 5.97 Å². The quantitative estimate of drug-likeness (QED) is 0.487. The molecule has 0 saturated carbocycles. The van der Waals surface area contributed by atoms with Crippen molar-refractivity contribution in [3.8, 4) is 0 Å². The fourth-order valence-corrected chi connectivity index (χ4v) is 3.14. The molecular weight excluding hydrogens is 354 g/mol. The molecule has 28 heavy (non-hydrogen) atoms. The molecule has 4 rings (SSSR count). The minimum Gasteiger partial charge on any atom is -0.460 e. The lowest BCUT2D eigenvalue weighted by Crippen LogP contribution is -2.22. The van der Waals surface area contributed by atoms with Gasteiger partial charge in [-0.3, -0.25) is 9.48 Å². The van der Waals surface area contributed by atoms with Gasteiger partial charge in [0.1, 0.15) is 12.2 Å². The smallest absolute Gasteiger partial charge is 0.343 e. The number of aromatic nitrogens is 3. The van der Waals surface area contributed by atoms with Gasteiger partial charge in [-0.25, -0.2) is 4.79 Å². The molecule has 2 aromatic carbocycles. The minimum atomic E-state index is -0.621. The van der Waals surface area contributed by atoms with Crippen LogP contribution < -0.4 is 5.43 Å². The number of ether oxygens (including phenoxy) is 1. The number of para-hydroxylation sites is 1. The van der Waals surface area contributed by atoms with Crippen LogP contribution in [0, 0.1) is 0 Å². The molecule has 0 N–H and O–H groups in total. The molecule has 140 valence electrons. The lowest BCUT2D eigenvalue weighted by Gasteiger charge is -2.13. The predicted molar refractivity (Wildman–Crippen MR) is 106 cm³/mol. The van der Waals surface area contributed by atoms with Crippen molar-refractivity contribution in [2.24, 2.45) is 0 Å². The third kappa shape index (κ3) is 3.71. The van der Waals surface area contributed by atoms with Crippen LogP contribution in [0.3, 0.4) is 0 Å². The van der Waals surface area contributed by atoms with E-state index in [0.717, 1.165) is 11.1 Å². The Labute approximate surface area is 161 Å². The summed E-state index contributed by atoms with van der Waals surface area (Å²) in [5, 5.41) is 4.56. The Hall–Kier alpha value is -3.67. The maximum absolute atomic E-state index is 12.8. The molecule has 0 fully saturated rings. The Morgan fingerprint density at radius 1 is 1.00 bits per heavy atom. The minimum absolute atomic E-state index is 0.0371. The monoisotopic (exact) mass is 373 g/mol. The largest absolute Gasteiger partial charge is 0.460 e. The number of nitrogens with zero attached hydrogens (tertiary/aromatic N) is 3. The maximum Gasteiger partial charge on any atom is 0.343 e. The summed E-state index contributed by atoms with van der Waals surface area (Å²) in [6.07, 6.45) is 5.04. The second kappa shape index (κ2) is 7.92. The summed E-state index contributed by atoms with van der Waals surface area (Å²) in [5.41, 5.74) is 1.58. The summed E-state index contributed by atoms with van der Waals surface area (Å²) >= 11 is 0. The van der Waals surface area contributed by atoms with Crippen LogP contribution in [-0.4, -0.2) is 26.9 Å². The number of pyridine rings is 1. The first-order valence-electron chi connectivity index (χ1n) is 9.03. The van der Waals surface area contributed by atoms with E-state index in [1.807, 2.05) is 47.0 Å². The van der Waals surface area contributed by atoms with Gasteiger partial charge < -0.3 is 9.30 Å². The van der Waals surface area contributed by atoms with Crippen molar-refractivity contribution >= 4 is 16.9 Å². The second-order valence-corrected chi connectivity index (χ2v) is 6.41. The molecule has 4 aromatic rings. The number of fused-ring (bicyclic) bond motifs is 1. The molecule has 6 heteroatoms. The highest BCUT2D eigenvalue weighted by Gasteiger charge is 2.17. The molecule has 0 aliphatic rings. The van der Waals surface area contributed by atoms with Gasteiger partial charge in [-0.05, 0) is 23.8 Å². The number of esters is 1. The van der Waals surface area contributed by atoms with Gasteiger partial charge in [0.25, 0.3) is 0 Å². The van der Waals surface area contributed by atoms with Gasteiger partial charge in [-0.1, -0.05) is 42.5 Å². The summed E-state index contributed by atoms with van der Waals surface area (Å²) in [7, 11) is 0. The van der Waals surface area contributed by atoms with Crippen molar-refractivity contribution < 1.29 is 9.53 Å². The first-order valence-corrected chi connectivity index (χ1v) is 9.03. The average molecular weight is 373 g/mol. The van der Waals surface area contributed by atoms with Gasteiger partial charge in [-0.2, -0.15) is 5.10 Å². The highest BCUT2D eigenvalue weighted by atomic mass is 16.5. The van der Waals surface area contributed by atoms with E-state index in [4.69, 9.17) is 4.74 Å². The van der Waals surface area contributed by atoms with Gasteiger partial charge in [0.05, 0.1) is 12.1 Å². The van der Waals surface area contributed by atoms with Crippen molar-refractivity contribution in [2.75, 3.05) is 6.61 Å². The van der Waals surface area contributed by atoms with Crippen LogP contribution in [0.2, 0.25) is 0 Å². The van der Waals surface area contributed by atoms with Gasteiger partial charge in [0.15, 0.2) is 0 Å².